The Balaban J connectivity index is 2.28. The lowest BCUT2D eigenvalue weighted by molar-refractivity contribution is 1.31. The van der Waals surface area contributed by atoms with Crippen LogP contribution in [0.2, 0.25) is 0 Å². The van der Waals surface area contributed by atoms with Crippen LogP contribution in [0.4, 0.5) is 17.2 Å². The number of hydrogen-bond donors (Lipinski definition) is 2. The van der Waals surface area contributed by atoms with E-state index in [4.69, 9.17) is 11.0 Å². The molecule has 1 aromatic carbocycles. The van der Waals surface area contributed by atoms with Crippen molar-refractivity contribution in [3.63, 3.8) is 0 Å². The van der Waals surface area contributed by atoms with Crippen LogP contribution in [0.5, 0.6) is 0 Å². The Morgan fingerprint density at radius 1 is 1.25 bits per heavy atom. The number of pyridine rings is 1. The summed E-state index contributed by atoms with van der Waals surface area (Å²) in [6, 6.07) is 12.8. The van der Waals surface area contributed by atoms with Gasteiger partial charge in [-0.3, -0.25) is 0 Å². The third-order valence-corrected chi connectivity index (χ3v) is 2.09. The molecule has 0 fully saturated rings. The van der Waals surface area contributed by atoms with Crippen LogP contribution in [0, 0.1) is 11.3 Å². The highest BCUT2D eigenvalue weighted by atomic mass is 15.0. The Kier molecular flexibility index (Phi) is 2.70. The zero-order valence-corrected chi connectivity index (χ0v) is 8.51. The van der Waals surface area contributed by atoms with Crippen molar-refractivity contribution in [3.05, 3.63) is 48.2 Å². The Bertz CT molecular complexity index is 543. The van der Waals surface area contributed by atoms with Crippen LogP contribution in [0.1, 0.15) is 5.56 Å². The van der Waals surface area contributed by atoms with E-state index in [-0.39, 0.29) is 0 Å². The quantitative estimate of drug-likeness (QED) is 0.797. The summed E-state index contributed by atoms with van der Waals surface area (Å²) in [4.78, 5) is 4.11. The van der Waals surface area contributed by atoms with E-state index in [0.29, 0.717) is 17.1 Å². The summed E-state index contributed by atoms with van der Waals surface area (Å²) in [6.07, 6.45) is 1.66. The maximum atomic E-state index is 8.76. The summed E-state index contributed by atoms with van der Waals surface area (Å²) in [5.74, 6) is 0.595. The van der Waals surface area contributed by atoms with Crippen LogP contribution < -0.4 is 11.1 Å². The molecule has 0 unspecified atom stereocenters. The van der Waals surface area contributed by atoms with Crippen LogP contribution >= 0.6 is 0 Å². The number of benzene rings is 1. The predicted molar refractivity (Wildman–Crippen MR) is 63.1 cm³/mol. The van der Waals surface area contributed by atoms with Crippen LogP contribution in [0.15, 0.2) is 42.6 Å². The molecule has 0 aliphatic heterocycles. The van der Waals surface area contributed by atoms with Crippen LogP contribution in [-0.4, -0.2) is 4.98 Å². The van der Waals surface area contributed by atoms with Gasteiger partial charge < -0.3 is 11.1 Å². The molecule has 1 heterocycles. The molecule has 2 rings (SSSR count). The molecule has 0 amide bonds. The lowest BCUT2D eigenvalue weighted by Crippen LogP contribution is -1.98. The number of rotatable bonds is 2. The summed E-state index contributed by atoms with van der Waals surface area (Å²) in [7, 11) is 0. The first-order valence-corrected chi connectivity index (χ1v) is 4.77. The Morgan fingerprint density at radius 2 is 2.12 bits per heavy atom. The van der Waals surface area contributed by atoms with Gasteiger partial charge in [0.05, 0.1) is 17.3 Å². The molecule has 4 heteroatoms. The minimum atomic E-state index is 0.574. The smallest absolute Gasteiger partial charge is 0.153 e. The fraction of sp³-hybridized carbons (Fsp3) is 0. The molecule has 4 nitrogen and oxygen atoms in total. The van der Waals surface area contributed by atoms with Crippen molar-refractivity contribution in [1.82, 2.24) is 4.98 Å². The van der Waals surface area contributed by atoms with Crippen molar-refractivity contribution in [2.45, 2.75) is 0 Å². The van der Waals surface area contributed by atoms with Crippen molar-refractivity contribution in [2.24, 2.45) is 0 Å². The SMILES string of the molecule is N#Cc1cccc(Nc2ncccc2N)c1. The van der Waals surface area contributed by atoms with E-state index in [1.807, 2.05) is 6.07 Å². The van der Waals surface area contributed by atoms with Gasteiger partial charge in [-0.2, -0.15) is 5.26 Å². The summed E-state index contributed by atoms with van der Waals surface area (Å²) in [6.45, 7) is 0. The average Bonchev–Trinajstić information content (AvgIpc) is 2.32. The van der Waals surface area contributed by atoms with E-state index in [1.165, 1.54) is 0 Å². The molecule has 1 aromatic heterocycles. The van der Waals surface area contributed by atoms with Gasteiger partial charge in [-0.25, -0.2) is 4.98 Å². The van der Waals surface area contributed by atoms with Crippen LogP contribution in [-0.2, 0) is 0 Å². The van der Waals surface area contributed by atoms with Gasteiger partial charge in [0.1, 0.15) is 0 Å². The molecule has 78 valence electrons. The molecule has 0 atom stereocenters. The first-order valence-electron chi connectivity index (χ1n) is 4.77. The van der Waals surface area contributed by atoms with Gasteiger partial charge >= 0.3 is 0 Å². The van der Waals surface area contributed by atoms with E-state index in [9.17, 15) is 0 Å². The topological polar surface area (TPSA) is 74.7 Å². The minimum absolute atomic E-state index is 0.574. The zero-order chi connectivity index (χ0) is 11.4. The number of aromatic nitrogens is 1. The van der Waals surface area contributed by atoms with Crippen molar-refractivity contribution < 1.29 is 0 Å². The molecular weight excluding hydrogens is 200 g/mol. The number of nitrogens with zero attached hydrogens (tertiary/aromatic N) is 2. The van der Waals surface area contributed by atoms with E-state index in [1.54, 1.807) is 36.5 Å². The van der Waals surface area contributed by atoms with Gasteiger partial charge in [-0.15, -0.1) is 0 Å². The number of hydrogen-bond acceptors (Lipinski definition) is 4. The van der Waals surface area contributed by atoms with Crippen LogP contribution in [0.3, 0.4) is 0 Å². The maximum absolute atomic E-state index is 8.76. The second kappa shape index (κ2) is 4.32. The van der Waals surface area contributed by atoms with Crippen LogP contribution in [0.25, 0.3) is 0 Å². The van der Waals surface area contributed by atoms with Gasteiger partial charge in [0.15, 0.2) is 5.82 Å². The highest BCUT2D eigenvalue weighted by Gasteiger charge is 2.00. The molecule has 0 saturated carbocycles. The Labute approximate surface area is 93.4 Å². The molecule has 0 bridgehead atoms. The molecule has 0 aliphatic rings. The lowest BCUT2D eigenvalue weighted by Gasteiger charge is -2.07. The summed E-state index contributed by atoms with van der Waals surface area (Å²) in [5, 5.41) is 11.8. The Morgan fingerprint density at radius 3 is 2.88 bits per heavy atom. The van der Waals surface area contributed by atoms with Crippen molar-refractivity contribution in [2.75, 3.05) is 11.1 Å². The first-order chi connectivity index (χ1) is 7.79. The van der Waals surface area contributed by atoms with Gasteiger partial charge in [0.2, 0.25) is 0 Å². The maximum Gasteiger partial charge on any atom is 0.153 e. The number of nitrogens with two attached hydrogens (primary N) is 1. The standard InChI is InChI=1S/C12H10N4/c13-8-9-3-1-4-10(7-9)16-12-11(14)5-2-6-15-12/h1-7H,14H2,(H,15,16). The molecule has 0 radical (unpaired) electrons. The minimum Gasteiger partial charge on any atom is -0.396 e. The fourth-order valence-corrected chi connectivity index (χ4v) is 1.33. The molecule has 3 N–H and O–H groups in total. The third-order valence-electron chi connectivity index (χ3n) is 2.09. The Hall–Kier alpha value is -2.54. The normalized spacial score (nSPS) is 9.44. The number of anilines is 3. The number of nitrogens with one attached hydrogen (secondary N) is 1. The summed E-state index contributed by atoms with van der Waals surface area (Å²) in [5.41, 5.74) is 7.72. The lowest BCUT2D eigenvalue weighted by atomic mass is 10.2. The molecule has 0 spiro atoms. The van der Waals surface area contributed by atoms with E-state index in [0.717, 1.165) is 5.69 Å². The second-order valence-electron chi connectivity index (χ2n) is 3.26. The highest BCUT2D eigenvalue weighted by molar-refractivity contribution is 5.68. The molecule has 0 saturated heterocycles. The largest absolute Gasteiger partial charge is 0.396 e. The van der Waals surface area contributed by atoms with Crippen molar-refractivity contribution >= 4 is 17.2 Å². The molecule has 0 aliphatic carbocycles. The van der Waals surface area contributed by atoms with Gasteiger partial charge in [-0.1, -0.05) is 6.07 Å². The summed E-state index contributed by atoms with van der Waals surface area (Å²) >= 11 is 0. The monoisotopic (exact) mass is 210 g/mol. The van der Waals surface area contributed by atoms with E-state index in [2.05, 4.69) is 16.4 Å². The number of nitrogen functional groups attached to an aromatic ring is 1. The second-order valence-corrected chi connectivity index (χ2v) is 3.26. The molecule has 2 aromatic rings. The number of nitriles is 1. The van der Waals surface area contributed by atoms with Crippen molar-refractivity contribution in [3.8, 4) is 6.07 Å². The molecule has 16 heavy (non-hydrogen) atoms. The fourth-order valence-electron chi connectivity index (χ4n) is 1.33. The predicted octanol–water partition coefficient (Wildman–Crippen LogP) is 2.28. The average molecular weight is 210 g/mol. The highest BCUT2D eigenvalue weighted by Crippen LogP contribution is 2.20. The van der Waals surface area contributed by atoms with Gasteiger partial charge in [0, 0.05) is 11.9 Å². The van der Waals surface area contributed by atoms with E-state index >= 15 is 0 Å². The third kappa shape index (κ3) is 2.10. The zero-order valence-electron chi connectivity index (χ0n) is 8.51. The first kappa shape index (κ1) is 9.99. The van der Waals surface area contributed by atoms with Crippen molar-refractivity contribution in [1.29, 1.82) is 5.26 Å². The molecular formula is C12H10N4. The summed E-state index contributed by atoms with van der Waals surface area (Å²) < 4.78 is 0. The van der Waals surface area contributed by atoms with Gasteiger partial charge in [-0.05, 0) is 30.3 Å². The van der Waals surface area contributed by atoms with Gasteiger partial charge in [0.25, 0.3) is 0 Å². The van der Waals surface area contributed by atoms with E-state index < -0.39 is 0 Å².